The fourth-order valence-electron chi connectivity index (χ4n) is 6.09. The van der Waals surface area contributed by atoms with Gasteiger partial charge < -0.3 is 9.30 Å². The van der Waals surface area contributed by atoms with Gasteiger partial charge >= 0.3 is 6.18 Å². The molecule has 4 aliphatic rings. The van der Waals surface area contributed by atoms with Crippen LogP contribution in [0.25, 0.3) is 11.2 Å². The third kappa shape index (κ3) is 3.32. The highest BCUT2D eigenvalue weighted by atomic mass is 19.4. The van der Waals surface area contributed by atoms with Crippen molar-refractivity contribution in [2.24, 2.45) is 12.5 Å². The summed E-state index contributed by atoms with van der Waals surface area (Å²) in [6.45, 7) is 4.19. The first-order valence-electron chi connectivity index (χ1n) is 11.9. The molecule has 2 bridgehead atoms. The van der Waals surface area contributed by atoms with Crippen LogP contribution in [0, 0.1) is 19.3 Å². The van der Waals surface area contributed by atoms with E-state index >= 15 is 0 Å². The number of rotatable bonds is 3. The van der Waals surface area contributed by atoms with E-state index in [1.165, 1.54) is 10.6 Å². The Morgan fingerprint density at radius 1 is 1.06 bits per heavy atom. The number of pyridine rings is 1. The van der Waals surface area contributed by atoms with Gasteiger partial charge in [0, 0.05) is 37.3 Å². The van der Waals surface area contributed by atoms with E-state index in [9.17, 15) is 18.0 Å². The number of aromatic nitrogens is 5. The van der Waals surface area contributed by atoms with E-state index in [0.29, 0.717) is 42.1 Å². The van der Waals surface area contributed by atoms with Crippen molar-refractivity contribution in [2.45, 2.75) is 69.6 Å². The molecule has 0 aromatic carbocycles. The van der Waals surface area contributed by atoms with Gasteiger partial charge in [-0.3, -0.25) is 4.79 Å². The van der Waals surface area contributed by atoms with Gasteiger partial charge in [0.2, 0.25) is 5.56 Å². The molecule has 0 amide bonds. The predicted molar refractivity (Wildman–Crippen MR) is 121 cm³/mol. The Labute approximate surface area is 199 Å². The summed E-state index contributed by atoms with van der Waals surface area (Å²) in [4.78, 5) is 30.8. The standard InChI is InChI=1S/C25H26F3N5O2/c1-13-14(2)30-22-19(29-13)20(23-10-24(11-23,12-23)25(26,27)28)31-21(32-22)15-6-7-35-17(8-15)16-4-5-18(34)33(3)9-16/h4-5,9,15,17H,6-8,10-12H2,1-3H3. The molecule has 3 aromatic heterocycles. The quantitative estimate of drug-likeness (QED) is 0.549. The number of aryl methyl sites for hydroxylation is 3. The third-order valence-electron chi connectivity index (χ3n) is 8.22. The van der Waals surface area contributed by atoms with Crippen LogP contribution in [0.2, 0.25) is 0 Å². The maximum atomic E-state index is 13.6. The first-order valence-corrected chi connectivity index (χ1v) is 11.9. The Bertz CT molecular complexity index is 1400. The molecule has 4 fully saturated rings. The van der Waals surface area contributed by atoms with E-state index in [1.807, 2.05) is 13.8 Å². The van der Waals surface area contributed by atoms with E-state index in [4.69, 9.17) is 14.7 Å². The smallest absolute Gasteiger partial charge is 0.373 e. The summed E-state index contributed by atoms with van der Waals surface area (Å²) < 4.78 is 48.2. The van der Waals surface area contributed by atoms with Gasteiger partial charge in [-0.1, -0.05) is 0 Å². The second-order valence-corrected chi connectivity index (χ2v) is 10.6. The van der Waals surface area contributed by atoms with Gasteiger partial charge in [0.1, 0.15) is 11.3 Å². The lowest BCUT2D eigenvalue weighted by Crippen LogP contribution is -2.70. The minimum Gasteiger partial charge on any atom is -0.373 e. The summed E-state index contributed by atoms with van der Waals surface area (Å²) >= 11 is 0. The van der Waals surface area contributed by atoms with Crippen molar-refractivity contribution in [3.05, 3.63) is 57.2 Å². The second-order valence-electron chi connectivity index (χ2n) is 10.6. The molecule has 0 spiro atoms. The van der Waals surface area contributed by atoms with Crippen LogP contribution >= 0.6 is 0 Å². The van der Waals surface area contributed by atoms with Crippen molar-refractivity contribution >= 4 is 11.2 Å². The number of ether oxygens (including phenoxy) is 1. The fraction of sp³-hybridized carbons (Fsp3) is 0.560. The molecule has 1 saturated heterocycles. The summed E-state index contributed by atoms with van der Waals surface area (Å²) in [5, 5.41) is 0. The van der Waals surface area contributed by atoms with Crippen molar-refractivity contribution in [1.82, 2.24) is 24.5 Å². The topological polar surface area (TPSA) is 82.8 Å². The van der Waals surface area contributed by atoms with Gasteiger partial charge in [-0.05, 0) is 57.6 Å². The predicted octanol–water partition coefficient (Wildman–Crippen LogP) is 4.35. The van der Waals surface area contributed by atoms with E-state index < -0.39 is 17.0 Å². The summed E-state index contributed by atoms with van der Waals surface area (Å²) in [5.74, 6) is 0.551. The van der Waals surface area contributed by atoms with Gasteiger partial charge in [0.25, 0.3) is 0 Å². The molecule has 184 valence electrons. The number of hydrogen-bond donors (Lipinski definition) is 0. The van der Waals surface area contributed by atoms with Crippen LogP contribution < -0.4 is 5.56 Å². The average molecular weight is 486 g/mol. The molecule has 10 heteroatoms. The molecule has 2 unspecified atom stereocenters. The molecular weight excluding hydrogens is 459 g/mol. The number of fused-ring (bicyclic) bond motifs is 1. The zero-order valence-corrected chi connectivity index (χ0v) is 19.8. The molecule has 1 aliphatic heterocycles. The van der Waals surface area contributed by atoms with E-state index in [2.05, 4.69) is 9.97 Å². The normalized spacial score (nSPS) is 30.1. The molecule has 7 rings (SSSR count). The van der Waals surface area contributed by atoms with Gasteiger partial charge in [-0.15, -0.1) is 0 Å². The molecule has 3 aliphatic carbocycles. The van der Waals surface area contributed by atoms with E-state index in [0.717, 1.165) is 17.0 Å². The number of nitrogens with zero attached hydrogens (tertiary/aromatic N) is 5. The summed E-state index contributed by atoms with van der Waals surface area (Å²) in [7, 11) is 1.70. The molecule has 3 saturated carbocycles. The van der Waals surface area contributed by atoms with Crippen molar-refractivity contribution in [3.63, 3.8) is 0 Å². The molecule has 4 heterocycles. The van der Waals surface area contributed by atoms with E-state index in [1.54, 1.807) is 19.3 Å². The first-order chi connectivity index (χ1) is 16.5. The van der Waals surface area contributed by atoms with Crippen molar-refractivity contribution in [2.75, 3.05) is 6.61 Å². The molecule has 3 aromatic rings. The Morgan fingerprint density at radius 2 is 1.77 bits per heavy atom. The molecule has 0 radical (unpaired) electrons. The molecule has 7 nitrogen and oxygen atoms in total. The van der Waals surface area contributed by atoms with Gasteiger partial charge in [0.05, 0.1) is 28.6 Å². The highest BCUT2D eigenvalue weighted by molar-refractivity contribution is 5.75. The van der Waals surface area contributed by atoms with Gasteiger partial charge in [0.15, 0.2) is 5.65 Å². The molecule has 0 N–H and O–H groups in total. The highest BCUT2D eigenvalue weighted by Crippen LogP contribution is 2.78. The lowest BCUT2D eigenvalue weighted by Gasteiger charge is -2.70. The van der Waals surface area contributed by atoms with Crippen LogP contribution in [-0.2, 0) is 17.2 Å². The Hall–Kier alpha value is -2.88. The van der Waals surface area contributed by atoms with E-state index in [-0.39, 0.29) is 36.8 Å². The Balaban J connectivity index is 1.38. The first kappa shape index (κ1) is 22.6. The molecule has 2 atom stereocenters. The average Bonchev–Trinajstić information content (AvgIpc) is 2.74. The lowest BCUT2D eigenvalue weighted by atomic mass is 9.34. The maximum absolute atomic E-state index is 13.6. The number of hydrogen-bond acceptors (Lipinski definition) is 6. The SMILES string of the molecule is Cc1nc2nc(C3CCOC(c4ccc(=O)n(C)c4)C3)nc(C34CC(C(F)(F)F)(C3)C4)c2nc1C. The van der Waals surface area contributed by atoms with Crippen LogP contribution in [0.4, 0.5) is 13.2 Å². The molecule has 35 heavy (non-hydrogen) atoms. The summed E-state index contributed by atoms with van der Waals surface area (Å²) in [6.07, 6.45) is -1.17. The number of halogens is 3. The van der Waals surface area contributed by atoms with Crippen LogP contribution in [0.1, 0.15) is 72.6 Å². The largest absolute Gasteiger partial charge is 0.394 e. The van der Waals surface area contributed by atoms with Crippen LogP contribution in [-0.4, -0.2) is 37.3 Å². The van der Waals surface area contributed by atoms with Gasteiger partial charge in [-0.2, -0.15) is 13.2 Å². The van der Waals surface area contributed by atoms with Crippen molar-refractivity contribution in [3.8, 4) is 0 Å². The maximum Gasteiger partial charge on any atom is 0.394 e. The van der Waals surface area contributed by atoms with Crippen LogP contribution in [0.3, 0.4) is 0 Å². The second kappa shape index (κ2) is 7.32. The third-order valence-corrected chi connectivity index (χ3v) is 8.22. The van der Waals surface area contributed by atoms with Crippen LogP contribution in [0.15, 0.2) is 23.1 Å². The monoisotopic (exact) mass is 485 g/mol. The number of alkyl halides is 3. The molecular formula is C25H26F3N5O2. The van der Waals surface area contributed by atoms with Gasteiger partial charge in [-0.25, -0.2) is 19.9 Å². The highest BCUT2D eigenvalue weighted by Gasteiger charge is 2.79. The lowest BCUT2D eigenvalue weighted by molar-refractivity contribution is -0.337. The minimum absolute atomic E-state index is 0.0403. The zero-order chi connectivity index (χ0) is 24.8. The Kier molecular flexibility index (Phi) is 4.72. The zero-order valence-electron chi connectivity index (χ0n) is 19.8. The Morgan fingerprint density at radius 3 is 2.46 bits per heavy atom. The summed E-state index contributed by atoms with van der Waals surface area (Å²) in [6, 6.07) is 3.30. The van der Waals surface area contributed by atoms with Crippen molar-refractivity contribution in [1.29, 1.82) is 0 Å². The summed E-state index contributed by atoms with van der Waals surface area (Å²) in [5.41, 5.74) is 1.68. The fourth-order valence-corrected chi connectivity index (χ4v) is 6.09. The van der Waals surface area contributed by atoms with Crippen molar-refractivity contribution < 1.29 is 17.9 Å². The van der Waals surface area contributed by atoms with Crippen LogP contribution in [0.5, 0.6) is 0 Å². The minimum atomic E-state index is -4.19.